The molecule has 0 radical (unpaired) electrons. The van der Waals surface area contributed by atoms with Crippen molar-refractivity contribution in [3.63, 3.8) is 0 Å². The van der Waals surface area contributed by atoms with Crippen LogP contribution in [0.3, 0.4) is 0 Å². The van der Waals surface area contributed by atoms with Crippen LogP contribution in [0.25, 0.3) is 11.1 Å². The monoisotopic (exact) mass is 1030 g/mol. The number of hydrogen-bond donors (Lipinski definition) is 1. The van der Waals surface area contributed by atoms with E-state index in [-0.39, 0.29) is 19.1 Å². The van der Waals surface area contributed by atoms with E-state index in [0.717, 1.165) is 70.7 Å². The molecular weight excluding hydrogens is 975 g/mol. The van der Waals surface area contributed by atoms with Crippen LogP contribution in [0.4, 0.5) is 4.79 Å². The van der Waals surface area contributed by atoms with Crippen molar-refractivity contribution in [2.24, 2.45) is 5.92 Å². The van der Waals surface area contributed by atoms with Crippen molar-refractivity contribution in [2.75, 3.05) is 26.4 Å². The molecule has 2 saturated heterocycles. The van der Waals surface area contributed by atoms with E-state index in [1.165, 1.54) is 0 Å². The number of amides is 1. The summed E-state index contributed by atoms with van der Waals surface area (Å²) in [6.45, 7) is 5.17. The standard InChI is InChI=1S/C52H59NO21/c1-27(54)63-25-42-45(68-29(3)56)39(46(69-30(4)57)48-50(72-33(7)60)49(71-32(6)59)47(70-31(5)58)43(74-48)26-64-28(2)55)21-44(73-42)65-24-41(51(61)66-22-34-15-9-8-10-16-34)53-52(62)67-23-40-37-19-13-11-17-35(37)36-18-12-14-20-38(36)40/h8-20,39-50H,21-26H2,1-7H3,(H,53,62)/t39-,41+,42-,43-,44+,45-,46-,47+,48+,49+,50+/m1/s1. The lowest BCUT2D eigenvalue weighted by Crippen LogP contribution is -2.67. The predicted octanol–water partition coefficient (Wildman–Crippen LogP) is 3.94. The third-order valence-electron chi connectivity index (χ3n) is 12.0. The van der Waals surface area contributed by atoms with Gasteiger partial charge in [-0.2, -0.15) is 0 Å². The highest BCUT2D eigenvalue weighted by molar-refractivity contribution is 5.82. The number of benzene rings is 3. The molecule has 3 aliphatic rings. The second kappa shape index (κ2) is 26.0. The molecule has 1 N–H and O–H groups in total. The molecule has 22 heteroatoms. The Bertz CT molecular complexity index is 2470. The Morgan fingerprint density at radius 3 is 1.61 bits per heavy atom. The SMILES string of the molecule is CC(=O)OC[C@H]1O[C@H](OC[C@H](NC(=O)OCC2c3ccccc3-c3ccccc32)C(=O)OCc2ccccc2)C[C@@H]([C@@H](OC(C)=O)[C@@H]2O[C@H](COC(C)=O)[C@H](OC(C)=O)[C@H](OC(C)=O)[C@H]2OC(C)=O)[C@H]1OC(C)=O. The van der Waals surface area contributed by atoms with E-state index >= 15 is 0 Å². The van der Waals surface area contributed by atoms with Crippen LogP contribution < -0.4 is 5.32 Å². The van der Waals surface area contributed by atoms with Gasteiger partial charge in [-0.1, -0.05) is 78.9 Å². The van der Waals surface area contributed by atoms with Crippen LogP contribution >= 0.6 is 0 Å². The van der Waals surface area contributed by atoms with Crippen molar-refractivity contribution in [1.29, 1.82) is 0 Å². The summed E-state index contributed by atoms with van der Waals surface area (Å²) in [5, 5.41) is 2.54. The number of carbonyl (C=O) groups excluding carboxylic acids is 9. The van der Waals surface area contributed by atoms with Crippen LogP contribution in [0.15, 0.2) is 78.9 Å². The highest BCUT2D eigenvalue weighted by Gasteiger charge is 2.59. The van der Waals surface area contributed by atoms with E-state index < -0.39 is 147 Å². The van der Waals surface area contributed by atoms with Crippen molar-refractivity contribution in [1.82, 2.24) is 5.32 Å². The second-order valence-corrected chi connectivity index (χ2v) is 17.6. The topological polar surface area (TPSA) is 276 Å². The average molecular weight is 1030 g/mol. The zero-order valence-electron chi connectivity index (χ0n) is 41.7. The molecule has 1 amide bonds. The number of ether oxygens (including phenoxy) is 12. The highest BCUT2D eigenvalue weighted by Crippen LogP contribution is 2.45. The van der Waals surface area contributed by atoms with Crippen LogP contribution in [0.2, 0.25) is 0 Å². The summed E-state index contributed by atoms with van der Waals surface area (Å²) in [4.78, 5) is 116. The van der Waals surface area contributed by atoms with Gasteiger partial charge in [0.05, 0.1) is 6.61 Å². The van der Waals surface area contributed by atoms with Crippen LogP contribution in [0.5, 0.6) is 0 Å². The maximum atomic E-state index is 13.9. The van der Waals surface area contributed by atoms with Gasteiger partial charge in [-0.15, -0.1) is 0 Å². The van der Waals surface area contributed by atoms with Gasteiger partial charge in [-0.3, -0.25) is 33.6 Å². The summed E-state index contributed by atoms with van der Waals surface area (Å²) >= 11 is 0. The first kappa shape index (κ1) is 55.9. The lowest BCUT2D eigenvalue weighted by Gasteiger charge is -2.50. The zero-order chi connectivity index (χ0) is 53.6. The van der Waals surface area contributed by atoms with Crippen molar-refractivity contribution < 1.29 is 100.0 Å². The molecular formula is C52H59NO21. The van der Waals surface area contributed by atoms with E-state index in [0.29, 0.717) is 5.56 Å². The van der Waals surface area contributed by atoms with Crippen molar-refractivity contribution in [2.45, 2.75) is 129 Å². The van der Waals surface area contributed by atoms with Gasteiger partial charge in [-0.25, -0.2) is 9.59 Å². The fourth-order valence-electron chi connectivity index (χ4n) is 9.18. The van der Waals surface area contributed by atoms with Crippen LogP contribution in [-0.2, 0) is 102 Å². The molecule has 398 valence electrons. The fourth-order valence-corrected chi connectivity index (χ4v) is 9.18. The molecule has 22 nitrogen and oxygen atoms in total. The van der Waals surface area contributed by atoms with Crippen molar-refractivity contribution in [3.05, 3.63) is 95.6 Å². The maximum Gasteiger partial charge on any atom is 0.407 e. The van der Waals surface area contributed by atoms with Gasteiger partial charge >= 0.3 is 53.8 Å². The Morgan fingerprint density at radius 2 is 1.05 bits per heavy atom. The number of nitrogens with one attached hydrogen (secondary N) is 1. The molecule has 11 atom stereocenters. The summed E-state index contributed by atoms with van der Waals surface area (Å²) < 4.78 is 69.5. The Hall–Kier alpha value is -7.43. The van der Waals surface area contributed by atoms with Crippen molar-refractivity contribution in [3.8, 4) is 11.1 Å². The zero-order valence-corrected chi connectivity index (χ0v) is 41.7. The van der Waals surface area contributed by atoms with Crippen molar-refractivity contribution >= 4 is 53.8 Å². The van der Waals surface area contributed by atoms with Crippen LogP contribution in [0.1, 0.15) is 77.5 Å². The number of alkyl carbamates (subject to hydrolysis) is 1. The molecule has 0 saturated carbocycles. The minimum atomic E-state index is -1.77. The minimum absolute atomic E-state index is 0.105. The first-order chi connectivity index (χ1) is 35.3. The van der Waals surface area contributed by atoms with Gasteiger partial charge in [-0.05, 0) is 27.8 Å². The average Bonchev–Trinajstić information content (AvgIpc) is 3.66. The fraction of sp³-hybridized carbons (Fsp3) is 0.481. The highest BCUT2D eigenvalue weighted by atomic mass is 16.7. The summed E-state index contributed by atoms with van der Waals surface area (Å²) in [7, 11) is 0. The summed E-state index contributed by atoms with van der Waals surface area (Å²) in [5.74, 6) is -8.85. The third-order valence-corrected chi connectivity index (χ3v) is 12.0. The molecule has 74 heavy (non-hydrogen) atoms. The number of fused-ring (bicyclic) bond motifs is 3. The molecule has 6 rings (SSSR count). The quantitative estimate of drug-likeness (QED) is 0.124. The Morgan fingerprint density at radius 1 is 0.541 bits per heavy atom. The second-order valence-electron chi connectivity index (χ2n) is 17.6. The Balaban J connectivity index is 1.34. The molecule has 3 aromatic carbocycles. The van der Waals surface area contributed by atoms with Crippen LogP contribution in [0, 0.1) is 5.92 Å². The van der Waals surface area contributed by atoms with E-state index in [9.17, 15) is 43.2 Å². The predicted molar refractivity (Wildman–Crippen MR) is 251 cm³/mol. The van der Waals surface area contributed by atoms with Gasteiger partial charge in [0.25, 0.3) is 0 Å². The lowest BCUT2D eigenvalue weighted by molar-refractivity contribution is -0.294. The Kier molecular flexibility index (Phi) is 19.6. The largest absolute Gasteiger partial charge is 0.463 e. The molecule has 0 unspecified atom stereocenters. The molecule has 0 spiro atoms. The van der Waals surface area contributed by atoms with E-state index in [2.05, 4.69) is 5.32 Å². The first-order valence-corrected chi connectivity index (χ1v) is 23.7. The van der Waals surface area contributed by atoms with E-state index in [1.807, 2.05) is 48.5 Å². The normalized spacial score (nSPS) is 23.7. The Labute approximate surface area is 425 Å². The summed E-state index contributed by atoms with van der Waals surface area (Å²) in [5.41, 5.74) is 4.50. The maximum absolute atomic E-state index is 13.9. The lowest BCUT2D eigenvalue weighted by atomic mass is 9.80. The first-order valence-electron chi connectivity index (χ1n) is 23.7. The molecule has 3 aromatic rings. The van der Waals surface area contributed by atoms with Gasteiger partial charge < -0.3 is 62.2 Å². The van der Waals surface area contributed by atoms with E-state index in [1.54, 1.807) is 30.3 Å². The van der Waals surface area contributed by atoms with Gasteiger partial charge in [0.1, 0.15) is 56.9 Å². The van der Waals surface area contributed by atoms with Gasteiger partial charge in [0.2, 0.25) is 0 Å². The molecule has 2 fully saturated rings. The number of hydrogen-bond acceptors (Lipinski definition) is 21. The number of esters is 8. The molecule has 2 aliphatic heterocycles. The number of carbonyl (C=O) groups is 9. The van der Waals surface area contributed by atoms with Gasteiger partial charge in [0.15, 0.2) is 30.6 Å². The molecule has 2 heterocycles. The summed E-state index contributed by atoms with van der Waals surface area (Å²) in [6, 6.07) is 22.6. The smallest absolute Gasteiger partial charge is 0.407 e. The van der Waals surface area contributed by atoms with E-state index in [4.69, 9.17) is 56.8 Å². The third kappa shape index (κ3) is 15.1. The summed E-state index contributed by atoms with van der Waals surface area (Å²) in [6.07, 6.45) is -15.9. The number of rotatable bonds is 20. The molecule has 0 aromatic heterocycles. The minimum Gasteiger partial charge on any atom is -0.463 e. The molecule has 0 bridgehead atoms. The molecule has 1 aliphatic carbocycles. The van der Waals surface area contributed by atoms with Crippen LogP contribution in [-0.4, -0.2) is 141 Å². The van der Waals surface area contributed by atoms with Gasteiger partial charge in [0, 0.05) is 66.7 Å².